The molecule has 0 aliphatic carbocycles. The molecule has 0 unspecified atom stereocenters. The minimum absolute atomic E-state index is 0.298. The maximum absolute atomic E-state index is 13.0. The number of carbonyl (C=O) groups is 2. The second kappa shape index (κ2) is 7.82. The third-order valence-electron chi connectivity index (χ3n) is 4.38. The molecule has 140 valence electrons. The van der Waals surface area contributed by atoms with Crippen LogP contribution in [0.2, 0.25) is 0 Å². The third-order valence-corrected chi connectivity index (χ3v) is 4.38. The van der Waals surface area contributed by atoms with Crippen molar-refractivity contribution >= 4 is 17.6 Å². The summed E-state index contributed by atoms with van der Waals surface area (Å²) in [4.78, 5) is 25.0. The van der Waals surface area contributed by atoms with E-state index in [1.165, 1.54) is 0 Å². The Morgan fingerprint density at radius 2 is 1.78 bits per heavy atom. The van der Waals surface area contributed by atoms with Crippen LogP contribution in [0.15, 0.2) is 60.8 Å². The Bertz CT molecular complexity index is 864. The van der Waals surface area contributed by atoms with E-state index in [4.69, 9.17) is 9.47 Å². The van der Waals surface area contributed by atoms with Gasteiger partial charge in [0.25, 0.3) is 0 Å². The lowest BCUT2D eigenvalue weighted by atomic mass is 9.87. The molecule has 2 aromatic carbocycles. The number of rotatable bonds is 5. The Morgan fingerprint density at radius 1 is 1.07 bits per heavy atom. The first kappa shape index (κ1) is 18.3. The first-order valence-electron chi connectivity index (χ1n) is 8.37. The second-order valence-corrected chi connectivity index (χ2v) is 6.04. The SMILES string of the molecule is C=C1NC(=O)N[C@@H](c2ccccc2OC)[C@H]1C(=O)Nc1ccc(OC)cc1. The van der Waals surface area contributed by atoms with Crippen LogP contribution in [0.3, 0.4) is 0 Å². The van der Waals surface area contributed by atoms with Gasteiger partial charge in [0.2, 0.25) is 5.91 Å². The van der Waals surface area contributed by atoms with E-state index in [1.54, 1.807) is 44.6 Å². The number of methoxy groups -OCH3 is 2. The number of nitrogens with one attached hydrogen (secondary N) is 3. The van der Waals surface area contributed by atoms with Crippen molar-refractivity contribution in [3.05, 3.63) is 66.4 Å². The van der Waals surface area contributed by atoms with Gasteiger partial charge in [0.05, 0.1) is 20.3 Å². The van der Waals surface area contributed by atoms with Crippen molar-refractivity contribution in [1.82, 2.24) is 10.6 Å². The Hall–Kier alpha value is -3.48. The van der Waals surface area contributed by atoms with Gasteiger partial charge in [0.15, 0.2) is 0 Å². The molecule has 1 aliphatic rings. The summed E-state index contributed by atoms with van der Waals surface area (Å²) in [5, 5.41) is 8.24. The molecule has 0 bridgehead atoms. The fraction of sp³-hybridized carbons (Fsp3) is 0.200. The molecule has 0 spiro atoms. The topological polar surface area (TPSA) is 88.7 Å². The van der Waals surface area contributed by atoms with Crippen LogP contribution < -0.4 is 25.4 Å². The molecule has 7 nitrogen and oxygen atoms in total. The Labute approximate surface area is 157 Å². The van der Waals surface area contributed by atoms with Gasteiger partial charge >= 0.3 is 6.03 Å². The standard InChI is InChI=1S/C20H21N3O4/c1-12-17(19(24)22-13-8-10-14(26-2)11-9-13)18(23-20(25)21-12)15-6-4-5-7-16(15)27-3/h4-11,17-18H,1H2,2-3H3,(H,22,24)(H2,21,23,25)/t17-,18-/m0/s1. The number of hydrogen-bond donors (Lipinski definition) is 3. The van der Waals surface area contributed by atoms with Crippen molar-refractivity contribution in [3.8, 4) is 11.5 Å². The molecule has 3 N–H and O–H groups in total. The maximum Gasteiger partial charge on any atom is 0.319 e. The lowest BCUT2D eigenvalue weighted by Gasteiger charge is -2.34. The van der Waals surface area contributed by atoms with Crippen molar-refractivity contribution in [3.63, 3.8) is 0 Å². The number of hydrogen-bond acceptors (Lipinski definition) is 4. The van der Waals surface area contributed by atoms with E-state index < -0.39 is 18.0 Å². The normalized spacial score (nSPS) is 18.9. The number of ether oxygens (including phenoxy) is 2. The van der Waals surface area contributed by atoms with Gasteiger partial charge in [-0.3, -0.25) is 4.79 Å². The molecule has 7 heteroatoms. The Kier molecular flexibility index (Phi) is 5.30. The van der Waals surface area contributed by atoms with Crippen molar-refractivity contribution in [1.29, 1.82) is 0 Å². The quantitative estimate of drug-likeness (QED) is 0.758. The van der Waals surface area contributed by atoms with Gasteiger partial charge in [0.1, 0.15) is 17.4 Å². The summed E-state index contributed by atoms with van der Waals surface area (Å²) in [6.07, 6.45) is 0. The third kappa shape index (κ3) is 3.87. The van der Waals surface area contributed by atoms with E-state index in [1.807, 2.05) is 18.2 Å². The van der Waals surface area contributed by atoms with Crippen molar-refractivity contribution < 1.29 is 19.1 Å². The van der Waals surface area contributed by atoms with Crippen molar-refractivity contribution in [2.24, 2.45) is 5.92 Å². The fourth-order valence-electron chi connectivity index (χ4n) is 3.07. The van der Waals surface area contributed by atoms with Crippen molar-refractivity contribution in [2.45, 2.75) is 6.04 Å². The highest BCUT2D eigenvalue weighted by Crippen LogP contribution is 2.35. The molecule has 3 amide bonds. The van der Waals surface area contributed by atoms with Gasteiger partial charge < -0.3 is 25.4 Å². The van der Waals surface area contributed by atoms with Gasteiger partial charge in [-0.15, -0.1) is 0 Å². The van der Waals surface area contributed by atoms with Crippen LogP contribution in [-0.2, 0) is 4.79 Å². The summed E-state index contributed by atoms with van der Waals surface area (Å²) in [5.74, 6) is 0.255. The lowest BCUT2D eigenvalue weighted by Crippen LogP contribution is -2.51. The van der Waals surface area contributed by atoms with Gasteiger partial charge in [-0.25, -0.2) is 4.79 Å². The van der Waals surface area contributed by atoms with Crippen LogP contribution >= 0.6 is 0 Å². The predicted molar refractivity (Wildman–Crippen MR) is 102 cm³/mol. The molecule has 0 radical (unpaired) electrons. The minimum atomic E-state index is -0.721. The zero-order valence-electron chi connectivity index (χ0n) is 15.1. The highest BCUT2D eigenvalue weighted by Gasteiger charge is 2.39. The summed E-state index contributed by atoms with van der Waals surface area (Å²) in [7, 11) is 3.12. The van der Waals surface area contributed by atoms with E-state index in [0.717, 1.165) is 0 Å². The first-order chi connectivity index (χ1) is 13.0. The van der Waals surface area contributed by atoms with Gasteiger partial charge in [-0.2, -0.15) is 0 Å². The summed E-state index contributed by atoms with van der Waals surface area (Å²) < 4.78 is 10.5. The monoisotopic (exact) mass is 367 g/mol. The van der Waals surface area contributed by atoms with Crippen LogP contribution in [0.25, 0.3) is 0 Å². The predicted octanol–water partition coefficient (Wildman–Crippen LogP) is 2.83. The molecule has 1 fully saturated rings. The molecule has 0 aromatic heterocycles. The summed E-state index contributed by atoms with van der Waals surface area (Å²) >= 11 is 0. The average molecular weight is 367 g/mol. The minimum Gasteiger partial charge on any atom is -0.497 e. The lowest BCUT2D eigenvalue weighted by molar-refractivity contribution is -0.119. The number of para-hydroxylation sites is 1. The summed E-state index contributed by atoms with van der Waals surface area (Å²) in [6.45, 7) is 3.87. The molecule has 3 rings (SSSR count). The number of benzene rings is 2. The zero-order chi connectivity index (χ0) is 19.4. The molecule has 27 heavy (non-hydrogen) atoms. The summed E-state index contributed by atoms with van der Waals surface area (Å²) in [6, 6.07) is 13.2. The zero-order valence-corrected chi connectivity index (χ0v) is 15.1. The van der Waals surface area contributed by atoms with Crippen LogP contribution in [0.4, 0.5) is 10.5 Å². The fourth-order valence-corrected chi connectivity index (χ4v) is 3.07. The van der Waals surface area contributed by atoms with Gasteiger partial charge in [0, 0.05) is 16.9 Å². The number of urea groups is 1. The van der Waals surface area contributed by atoms with E-state index in [0.29, 0.717) is 28.4 Å². The Morgan fingerprint density at radius 3 is 2.44 bits per heavy atom. The molecule has 0 saturated carbocycles. The molecular formula is C20H21N3O4. The second-order valence-electron chi connectivity index (χ2n) is 6.04. The van der Waals surface area contributed by atoms with E-state index in [2.05, 4.69) is 22.5 Å². The number of carbonyl (C=O) groups excluding carboxylic acids is 2. The van der Waals surface area contributed by atoms with E-state index in [-0.39, 0.29) is 5.91 Å². The van der Waals surface area contributed by atoms with Crippen LogP contribution in [0.5, 0.6) is 11.5 Å². The number of amides is 3. The molecular weight excluding hydrogens is 346 g/mol. The average Bonchev–Trinajstić information content (AvgIpc) is 2.67. The molecule has 2 atom stereocenters. The first-order valence-corrected chi connectivity index (χ1v) is 8.37. The molecule has 1 aliphatic heterocycles. The highest BCUT2D eigenvalue weighted by atomic mass is 16.5. The number of anilines is 1. The maximum atomic E-state index is 13.0. The van der Waals surface area contributed by atoms with Crippen molar-refractivity contribution in [2.75, 3.05) is 19.5 Å². The highest BCUT2D eigenvalue weighted by molar-refractivity contribution is 5.97. The van der Waals surface area contributed by atoms with Gasteiger partial charge in [-0.1, -0.05) is 24.8 Å². The van der Waals surface area contributed by atoms with Gasteiger partial charge in [-0.05, 0) is 30.3 Å². The largest absolute Gasteiger partial charge is 0.497 e. The molecule has 1 heterocycles. The van der Waals surface area contributed by atoms with Crippen LogP contribution in [-0.4, -0.2) is 26.2 Å². The van der Waals surface area contributed by atoms with Crippen LogP contribution in [0, 0.1) is 5.92 Å². The smallest absolute Gasteiger partial charge is 0.319 e. The molecule has 2 aromatic rings. The van der Waals surface area contributed by atoms with Crippen LogP contribution in [0.1, 0.15) is 11.6 Å². The Balaban J connectivity index is 1.90. The van der Waals surface area contributed by atoms with E-state index in [9.17, 15) is 9.59 Å². The molecule has 1 saturated heterocycles. The summed E-state index contributed by atoms with van der Waals surface area (Å²) in [5.41, 5.74) is 1.64. The van der Waals surface area contributed by atoms with E-state index >= 15 is 0 Å².